The molecule has 2 aromatic carbocycles. The number of hydrogen-bond acceptors (Lipinski definition) is 5. The number of thioether (sulfide) groups is 1. The molecule has 3 rings (SSSR count). The second kappa shape index (κ2) is 7.97. The first-order valence-electron chi connectivity index (χ1n) is 7.64. The van der Waals surface area contributed by atoms with Crippen molar-refractivity contribution in [2.45, 2.75) is 16.5 Å². The monoisotopic (exact) mass is 365 g/mol. The topological polar surface area (TPSA) is 65.8 Å². The van der Waals surface area contributed by atoms with Crippen LogP contribution in [0.2, 0.25) is 0 Å². The molecule has 0 unspecified atom stereocenters. The highest BCUT2D eigenvalue weighted by molar-refractivity contribution is 8.02. The standard InChI is InChI=1S/C19H15N3OS2/c1-13(18(23)21-16-9-5-6-14(10-16)11-20)25-19-22-17(12-24-19)15-7-3-2-4-8-15/h2-10,12-13H,1H3,(H,21,23)/t13-/m0/s1. The Morgan fingerprint density at radius 3 is 2.80 bits per heavy atom. The fourth-order valence-corrected chi connectivity index (χ4v) is 4.14. The number of anilines is 1. The Hall–Kier alpha value is -2.62. The number of nitrogens with zero attached hydrogens (tertiary/aromatic N) is 2. The second-order valence-electron chi connectivity index (χ2n) is 5.31. The van der Waals surface area contributed by atoms with Crippen LogP contribution in [0.3, 0.4) is 0 Å². The number of benzene rings is 2. The Bertz CT molecular complexity index is 916. The van der Waals surface area contributed by atoms with E-state index in [1.165, 1.54) is 23.1 Å². The van der Waals surface area contributed by atoms with E-state index in [-0.39, 0.29) is 11.2 Å². The van der Waals surface area contributed by atoms with E-state index in [0.29, 0.717) is 11.3 Å². The van der Waals surface area contributed by atoms with Gasteiger partial charge >= 0.3 is 0 Å². The van der Waals surface area contributed by atoms with Crippen LogP contribution in [0.15, 0.2) is 64.3 Å². The summed E-state index contributed by atoms with van der Waals surface area (Å²) >= 11 is 2.96. The van der Waals surface area contributed by atoms with Crippen LogP contribution >= 0.6 is 23.1 Å². The molecule has 3 aromatic rings. The van der Waals surface area contributed by atoms with E-state index in [9.17, 15) is 4.79 Å². The van der Waals surface area contributed by atoms with Crippen molar-refractivity contribution in [3.05, 3.63) is 65.5 Å². The molecule has 0 radical (unpaired) electrons. The Morgan fingerprint density at radius 2 is 2.04 bits per heavy atom. The van der Waals surface area contributed by atoms with Gasteiger partial charge in [0.15, 0.2) is 4.34 Å². The molecular formula is C19H15N3OS2. The highest BCUT2D eigenvalue weighted by atomic mass is 32.2. The van der Waals surface area contributed by atoms with Gasteiger partial charge in [0, 0.05) is 16.6 Å². The molecule has 6 heteroatoms. The number of amides is 1. The summed E-state index contributed by atoms with van der Waals surface area (Å²) in [6, 6.07) is 18.9. The lowest BCUT2D eigenvalue weighted by molar-refractivity contribution is -0.115. The Balaban J connectivity index is 1.64. The third kappa shape index (κ3) is 4.47. The van der Waals surface area contributed by atoms with Gasteiger partial charge in [0.2, 0.25) is 5.91 Å². The van der Waals surface area contributed by atoms with Gasteiger partial charge in [-0.2, -0.15) is 5.26 Å². The summed E-state index contributed by atoms with van der Waals surface area (Å²) < 4.78 is 0.854. The Labute approximate surface area is 154 Å². The van der Waals surface area contributed by atoms with Crippen molar-refractivity contribution in [1.29, 1.82) is 5.26 Å². The van der Waals surface area contributed by atoms with E-state index in [2.05, 4.69) is 16.4 Å². The van der Waals surface area contributed by atoms with Crippen LogP contribution < -0.4 is 5.32 Å². The van der Waals surface area contributed by atoms with Gasteiger partial charge in [-0.25, -0.2) is 4.98 Å². The maximum absolute atomic E-state index is 12.4. The molecule has 1 amide bonds. The van der Waals surface area contributed by atoms with Crippen molar-refractivity contribution in [2.24, 2.45) is 0 Å². The molecule has 124 valence electrons. The van der Waals surface area contributed by atoms with Crippen molar-refractivity contribution in [3.63, 3.8) is 0 Å². The predicted molar refractivity (Wildman–Crippen MR) is 103 cm³/mol. The molecule has 0 spiro atoms. The highest BCUT2D eigenvalue weighted by Crippen LogP contribution is 2.31. The molecule has 0 bridgehead atoms. The largest absolute Gasteiger partial charge is 0.325 e. The van der Waals surface area contributed by atoms with Crippen LogP contribution in [0.25, 0.3) is 11.3 Å². The van der Waals surface area contributed by atoms with Gasteiger partial charge in [-0.3, -0.25) is 4.79 Å². The first kappa shape index (κ1) is 17.2. The number of thiazole rings is 1. The highest BCUT2D eigenvalue weighted by Gasteiger charge is 2.17. The Morgan fingerprint density at radius 1 is 1.24 bits per heavy atom. The molecule has 0 aliphatic carbocycles. The van der Waals surface area contributed by atoms with Crippen LogP contribution in [0, 0.1) is 11.3 Å². The van der Waals surface area contributed by atoms with Crippen LogP contribution in [0.5, 0.6) is 0 Å². The molecule has 1 heterocycles. The van der Waals surface area contributed by atoms with Crippen LogP contribution in [0.4, 0.5) is 5.69 Å². The van der Waals surface area contributed by atoms with Gasteiger partial charge in [-0.15, -0.1) is 11.3 Å². The lowest BCUT2D eigenvalue weighted by Crippen LogP contribution is -2.22. The molecule has 4 nitrogen and oxygen atoms in total. The van der Waals surface area contributed by atoms with Crippen LogP contribution in [-0.4, -0.2) is 16.1 Å². The Kier molecular flexibility index (Phi) is 5.49. The van der Waals surface area contributed by atoms with Crippen LogP contribution in [0.1, 0.15) is 12.5 Å². The number of aromatic nitrogens is 1. The number of carbonyl (C=O) groups is 1. The van der Waals surface area contributed by atoms with E-state index in [4.69, 9.17) is 5.26 Å². The molecule has 0 saturated carbocycles. The minimum Gasteiger partial charge on any atom is -0.325 e. The molecule has 25 heavy (non-hydrogen) atoms. The van der Waals surface area contributed by atoms with Gasteiger partial charge in [0.25, 0.3) is 0 Å². The summed E-state index contributed by atoms with van der Waals surface area (Å²) in [6.45, 7) is 1.84. The summed E-state index contributed by atoms with van der Waals surface area (Å²) in [6.07, 6.45) is 0. The minimum absolute atomic E-state index is 0.114. The smallest absolute Gasteiger partial charge is 0.237 e. The zero-order chi connectivity index (χ0) is 17.6. The third-order valence-electron chi connectivity index (χ3n) is 3.46. The third-order valence-corrected chi connectivity index (χ3v) is 5.53. The lowest BCUT2D eigenvalue weighted by Gasteiger charge is -2.10. The minimum atomic E-state index is -0.291. The summed E-state index contributed by atoms with van der Waals surface area (Å²) in [5.74, 6) is -0.114. The van der Waals surface area contributed by atoms with E-state index < -0.39 is 0 Å². The number of hydrogen-bond donors (Lipinski definition) is 1. The fraction of sp³-hybridized carbons (Fsp3) is 0.105. The maximum atomic E-state index is 12.4. The van der Waals surface area contributed by atoms with Gasteiger partial charge in [0.1, 0.15) is 0 Å². The lowest BCUT2D eigenvalue weighted by atomic mass is 10.2. The molecule has 1 N–H and O–H groups in total. The van der Waals surface area contributed by atoms with Crippen molar-refractivity contribution in [3.8, 4) is 17.3 Å². The fourth-order valence-electron chi connectivity index (χ4n) is 2.17. The SMILES string of the molecule is C[C@H](Sc1nc(-c2ccccc2)cs1)C(=O)Nc1cccc(C#N)c1. The van der Waals surface area contributed by atoms with E-state index in [1.54, 1.807) is 24.3 Å². The summed E-state index contributed by atoms with van der Waals surface area (Å²) in [5, 5.41) is 13.5. The molecule has 0 saturated heterocycles. The number of carbonyl (C=O) groups excluding carboxylic acids is 1. The quantitative estimate of drug-likeness (QED) is 0.660. The maximum Gasteiger partial charge on any atom is 0.237 e. The van der Waals surface area contributed by atoms with Gasteiger partial charge < -0.3 is 5.32 Å². The van der Waals surface area contributed by atoms with Crippen molar-refractivity contribution in [2.75, 3.05) is 5.32 Å². The zero-order valence-electron chi connectivity index (χ0n) is 13.5. The van der Waals surface area contributed by atoms with Crippen molar-refractivity contribution in [1.82, 2.24) is 4.98 Å². The van der Waals surface area contributed by atoms with Gasteiger partial charge in [-0.05, 0) is 25.1 Å². The van der Waals surface area contributed by atoms with Crippen LogP contribution in [-0.2, 0) is 4.79 Å². The average molecular weight is 365 g/mol. The number of rotatable bonds is 5. The average Bonchev–Trinajstić information content (AvgIpc) is 3.11. The second-order valence-corrected chi connectivity index (χ2v) is 7.75. The molecular weight excluding hydrogens is 350 g/mol. The van der Waals surface area contributed by atoms with Gasteiger partial charge in [-0.1, -0.05) is 48.2 Å². The summed E-state index contributed by atoms with van der Waals surface area (Å²) in [4.78, 5) is 17.0. The van der Waals surface area contributed by atoms with E-state index in [0.717, 1.165) is 15.6 Å². The van der Waals surface area contributed by atoms with E-state index >= 15 is 0 Å². The molecule has 0 fully saturated rings. The first-order valence-corrected chi connectivity index (χ1v) is 9.40. The summed E-state index contributed by atoms with van der Waals surface area (Å²) in [5.41, 5.74) is 3.13. The first-order chi connectivity index (χ1) is 12.2. The summed E-state index contributed by atoms with van der Waals surface area (Å²) in [7, 11) is 0. The number of nitriles is 1. The van der Waals surface area contributed by atoms with Gasteiger partial charge in [0.05, 0.1) is 22.6 Å². The normalized spacial score (nSPS) is 11.5. The molecule has 1 aromatic heterocycles. The molecule has 0 aliphatic heterocycles. The van der Waals surface area contributed by atoms with E-state index in [1.807, 2.05) is 42.6 Å². The number of nitrogens with one attached hydrogen (secondary N) is 1. The molecule has 0 aliphatic rings. The predicted octanol–water partition coefficient (Wildman–Crippen LogP) is 4.80. The molecule has 1 atom stereocenters. The van der Waals surface area contributed by atoms with Crippen molar-refractivity contribution < 1.29 is 4.79 Å². The van der Waals surface area contributed by atoms with Crippen molar-refractivity contribution >= 4 is 34.7 Å². The zero-order valence-corrected chi connectivity index (χ0v) is 15.1.